The summed E-state index contributed by atoms with van der Waals surface area (Å²) in [6.45, 7) is 2.82. The van der Waals surface area contributed by atoms with Gasteiger partial charge in [-0.05, 0) is 81.0 Å². The van der Waals surface area contributed by atoms with Gasteiger partial charge in [-0.1, -0.05) is 30.1 Å². The van der Waals surface area contributed by atoms with Crippen LogP contribution in [0, 0.1) is 0 Å². The van der Waals surface area contributed by atoms with Crippen molar-refractivity contribution in [2.45, 2.75) is 63.7 Å². The molecule has 4 rings (SSSR count). The summed E-state index contributed by atoms with van der Waals surface area (Å²) in [5.41, 5.74) is -0.919. The van der Waals surface area contributed by atoms with Crippen LogP contribution in [0.2, 0.25) is 10.0 Å². The molecule has 0 bridgehead atoms. The van der Waals surface area contributed by atoms with Crippen molar-refractivity contribution in [1.82, 2.24) is 15.5 Å². The van der Waals surface area contributed by atoms with E-state index in [0.29, 0.717) is 24.2 Å². The Morgan fingerprint density at radius 2 is 1.65 bits per heavy atom. The van der Waals surface area contributed by atoms with Crippen LogP contribution >= 0.6 is 23.2 Å². The van der Waals surface area contributed by atoms with E-state index in [1.807, 2.05) is 0 Å². The zero-order valence-corrected chi connectivity index (χ0v) is 23.9. The van der Waals surface area contributed by atoms with E-state index in [4.69, 9.17) is 23.2 Å². The van der Waals surface area contributed by atoms with Gasteiger partial charge in [0.2, 0.25) is 5.91 Å². The molecule has 7 nitrogen and oxygen atoms in total. The summed E-state index contributed by atoms with van der Waals surface area (Å²) in [6.07, 6.45) is 0.567. The van der Waals surface area contributed by atoms with Gasteiger partial charge in [-0.2, -0.15) is 13.2 Å². The van der Waals surface area contributed by atoms with Crippen LogP contribution in [0.4, 0.5) is 23.7 Å². The molecular weight excluding hydrogens is 568 g/mol. The van der Waals surface area contributed by atoms with Crippen LogP contribution in [-0.4, -0.2) is 55.0 Å². The normalized spacial score (nSPS) is 15.8. The molecule has 0 spiro atoms. The smallest absolute Gasteiger partial charge is 0.341 e. The lowest BCUT2D eigenvalue weighted by molar-refractivity contribution is -0.137. The number of nitrogens with zero attached hydrogens (tertiary/aromatic N) is 2. The molecule has 1 atom stereocenters. The lowest BCUT2D eigenvalue weighted by atomic mass is 10.0. The highest BCUT2D eigenvalue weighted by atomic mass is 35.5. The summed E-state index contributed by atoms with van der Waals surface area (Å²) in [6, 6.07) is 8.13. The van der Waals surface area contributed by atoms with Gasteiger partial charge < -0.3 is 15.5 Å². The van der Waals surface area contributed by atoms with Crippen molar-refractivity contribution in [2.75, 3.05) is 25.0 Å². The number of rotatable bonds is 6. The number of alkyl halides is 3. The van der Waals surface area contributed by atoms with Crippen LogP contribution in [0.15, 0.2) is 42.5 Å². The standard InChI is InChI=1S/C23H23Cl2F3N2O2.C5H10N2O/c1-2-19(22(32)29-12-4-3-5-13-29)30(21(31)15-6-9-17(24)10-7-15)20-14-16(23(26,27)28)8-11-18(20)25;1-6-5(8)7-4-2-3-4/h6-11,14,19H,2-5,12-13H2,1H3;4H,2-3H2,1H3,(H2,6,7,8). The first-order chi connectivity index (χ1) is 19.0. The SMILES string of the molecule is CCC(C(=O)N1CCCCC1)N(C(=O)c1ccc(Cl)cc1)c1cc(C(F)(F)F)ccc1Cl.CNC(=O)NC1CC1. The van der Waals surface area contributed by atoms with Crippen molar-refractivity contribution < 1.29 is 27.6 Å². The van der Waals surface area contributed by atoms with Crippen LogP contribution in [0.25, 0.3) is 0 Å². The Balaban J connectivity index is 0.000000472. The van der Waals surface area contributed by atoms with Gasteiger partial charge in [-0.25, -0.2) is 4.79 Å². The Morgan fingerprint density at radius 3 is 2.17 bits per heavy atom. The first-order valence-electron chi connectivity index (χ1n) is 13.2. The molecule has 0 aromatic heterocycles. The second-order valence-electron chi connectivity index (χ2n) is 9.65. The van der Waals surface area contributed by atoms with Crippen LogP contribution < -0.4 is 15.5 Å². The first-order valence-corrected chi connectivity index (χ1v) is 13.9. The summed E-state index contributed by atoms with van der Waals surface area (Å²) < 4.78 is 40.3. The number of urea groups is 1. The number of carbonyl (C=O) groups excluding carboxylic acids is 3. The maximum Gasteiger partial charge on any atom is 0.416 e. The van der Waals surface area contributed by atoms with Crippen LogP contribution in [0.3, 0.4) is 0 Å². The van der Waals surface area contributed by atoms with Gasteiger partial charge in [0.05, 0.1) is 16.3 Å². The predicted octanol–water partition coefficient (Wildman–Crippen LogP) is 6.53. The number of nitrogens with one attached hydrogen (secondary N) is 2. The molecule has 12 heteroatoms. The highest BCUT2D eigenvalue weighted by molar-refractivity contribution is 6.34. The molecule has 1 aliphatic heterocycles. The number of hydrogen-bond acceptors (Lipinski definition) is 3. The fourth-order valence-corrected chi connectivity index (χ4v) is 4.64. The minimum absolute atomic E-state index is 0.0507. The van der Waals surface area contributed by atoms with Gasteiger partial charge in [0, 0.05) is 36.8 Å². The number of anilines is 1. The highest BCUT2D eigenvalue weighted by Crippen LogP contribution is 2.37. The Bertz CT molecular complexity index is 1180. The van der Waals surface area contributed by atoms with E-state index in [1.54, 1.807) is 18.9 Å². The molecular formula is C28H33Cl2F3N4O3. The van der Waals surface area contributed by atoms with E-state index in [2.05, 4.69) is 10.6 Å². The van der Waals surface area contributed by atoms with Crippen LogP contribution in [-0.2, 0) is 11.0 Å². The first kappa shape index (κ1) is 31.5. The maximum atomic E-state index is 13.5. The zero-order chi connectivity index (χ0) is 29.4. The average molecular weight is 601 g/mol. The second-order valence-corrected chi connectivity index (χ2v) is 10.5. The summed E-state index contributed by atoms with van der Waals surface area (Å²) in [5, 5.41) is 5.59. The van der Waals surface area contributed by atoms with E-state index in [0.717, 1.165) is 55.2 Å². The molecule has 1 heterocycles. The number of halogens is 5. The van der Waals surface area contributed by atoms with Crippen molar-refractivity contribution in [2.24, 2.45) is 0 Å². The lowest BCUT2D eigenvalue weighted by Crippen LogP contribution is -2.52. The molecule has 2 fully saturated rings. The van der Waals surface area contributed by atoms with Crippen LogP contribution in [0.1, 0.15) is 61.4 Å². The van der Waals surface area contributed by atoms with Crippen molar-refractivity contribution in [3.8, 4) is 0 Å². The number of hydrogen-bond donors (Lipinski definition) is 2. The summed E-state index contributed by atoms with van der Waals surface area (Å²) in [7, 11) is 1.62. The topological polar surface area (TPSA) is 81.8 Å². The molecule has 2 N–H and O–H groups in total. The zero-order valence-electron chi connectivity index (χ0n) is 22.4. The van der Waals surface area contributed by atoms with Crippen molar-refractivity contribution in [1.29, 1.82) is 0 Å². The monoisotopic (exact) mass is 600 g/mol. The minimum atomic E-state index is -4.63. The van der Waals surface area contributed by atoms with E-state index < -0.39 is 23.7 Å². The van der Waals surface area contributed by atoms with Crippen molar-refractivity contribution in [3.05, 3.63) is 63.6 Å². The lowest BCUT2D eigenvalue weighted by Gasteiger charge is -2.36. The summed E-state index contributed by atoms with van der Waals surface area (Å²) in [4.78, 5) is 40.1. The Morgan fingerprint density at radius 1 is 1.02 bits per heavy atom. The molecule has 1 unspecified atom stereocenters. The molecule has 218 valence electrons. The number of piperidine rings is 1. The van der Waals surface area contributed by atoms with Gasteiger partial charge in [0.25, 0.3) is 5.91 Å². The molecule has 1 aliphatic carbocycles. The largest absolute Gasteiger partial charge is 0.416 e. The maximum absolute atomic E-state index is 13.5. The van der Waals surface area contributed by atoms with E-state index in [-0.39, 0.29) is 34.6 Å². The number of amides is 4. The third kappa shape index (κ3) is 8.51. The number of carbonyl (C=O) groups is 3. The number of likely N-dealkylation sites (tertiary alicyclic amines) is 1. The minimum Gasteiger partial charge on any atom is -0.341 e. The van der Waals surface area contributed by atoms with Gasteiger partial charge >= 0.3 is 12.2 Å². The molecule has 0 radical (unpaired) electrons. The third-order valence-corrected chi connectivity index (χ3v) is 7.21. The number of benzene rings is 2. The third-order valence-electron chi connectivity index (χ3n) is 6.63. The average Bonchev–Trinajstić information content (AvgIpc) is 3.76. The molecule has 1 saturated carbocycles. The van der Waals surface area contributed by atoms with Gasteiger partial charge in [0.15, 0.2) is 0 Å². The quantitative estimate of drug-likeness (QED) is 0.395. The van der Waals surface area contributed by atoms with Crippen molar-refractivity contribution in [3.63, 3.8) is 0 Å². The fourth-order valence-electron chi connectivity index (χ4n) is 4.30. The van der Waals surface area contributed by atoms with E-state index in [9.17, 15) is 27.6 Å². The highest BCUT2D eigenvalue weighted by Gasteiger charge is 2.37. The molecule has 2 aromatic carbocycles. The second kappa shape index (κ2) is 14.1. The molecule has 2 aliphatic rings. The van der Waals surface area contributed by atoms with Gasteiger partial charge in [0.1, 0.15) is 6.04 Å². The molecule has 4 amide bonds. The van der Waals surface area contributed by atoms with Crippen molar-refractivity contribution >= 4 is 46.7 Å². The molecule has 40 heavy (non-hydrogen) atoms. The van der Waals surface area contributed by atoms with Gasteiger partial charge in [-0.3, -0.25) is 14.5 Å². The van der Waals surface area contributed by atoms with E-state index in [1.165, 1.54) is 24.3 Å². The molecule has 2 aromatic rings. The van der Waals surface area contributed by atoms with E-state index >= 15 is 0 Å². The Labute approximate surface area is 242 Å². The summed E-state index contributed by atoms with van der Waals surface area (Å²) >= 11 is 12.2. The predicted molar refractivity (Wildman–Crippen MR) is 150 cm³/mol. The van der Waals surface area contributed by atoms with Gasteiger partial charge in [-0.15, -0.1) is 0 Å². The Kier molecular flexibility index (Phi) is 11.1. The Hall–Kier alpha value is -2.98. The summed E-state index contributed by atoms with van der Waals surface area (Å²) in [5.74, 6) is -0.928. The molecule has 1 saturated heterocycles. The fraction of sp³-hybridized carbons (Fsp3) is 0.464. The van der Waals surface area contributed by atoms with Crippen LogP contribution in [0.5, 0.6) is 0 Å².